The summed E-state index contributed by atoms with van der Waals surface area (Å²) in [5.74, 6) is 0.640. The molecular formula is C19H24N2O3S. The van der Waals surface area contributed by atoms with Gasteiger partial charge in [0.05, 0.1) is 32.4 Å². The van der Waals surface area contributed by atoms with E-state index >= 15 is 0 Å². The number of ether oxygens (including phenoxy) is 2. The predicted molar refractivity (Wildman–Crippen MR) is 101 cm³/mol. The first kappa shape index (κ1) is 17.9. The van der Waals surface area contributed by atoms with Gasteiger partial charge in [0.15, 0.2) is 11.5 Å². The molecule has 0 aliphatic carbocycles. The molecule has 1 aromatic carbocycles. The number of thiophene rings is 1. The number of phenolic OH excluding ortho intramolecular Hbond substituents is 1. The maximum atomic E-state index is 10.3. The highest BCUT2D eigenvalue weighted by atomic mass is 32.1. The van der Waals surface area contributed by atoms with Gasteiger partial charge in [-0.3, -0.25) is 9.89 Å². The van der Waals surface area contributed by atoms with Gasteiger partial charge in [0.2, 0.25) is 0 Å². The van der Waals surface area contributed by atoms with Crippen LogP contribution in [0.15, 0.2) is 40.7 Å². The highest BCUT2D eigenvalue weighted by Crippen LogP contribution is 2.29. The van der Waals surface area contributed by atoms with Crippen LogP contribution in [0.25, 0.3) is 0 Å². The van der Waals surface area contributed by atoms with E-state index in [4.69, 9.17) is 9.47 Å². The summed E-state index contributed by atoms with van der Waals surface area (Å²) in [4.78, 5) is 8.35. The Morgan fingerprint density at radius 3 is 2.88 bits per heavy atom. The van der Waals surface area contributed by atoms with Crippen LogP contribution in [0.1, 0.15) is 23.4 Å². The van der Waals surface area contributed by atoms with Gasteiger partial charge in [-0.25, -0.2) is 0 Å². The first-order valence-electron chi connectivity index (χ1n) is 8.59. The minimum absolute atomic E-state index is 0.146. The lowest BCUT2D eigenvalue weighted by Crippen LogP contribution is -2.39. The Hall–Kier alpha value is -1.89. The second-order valence-corrected chi connectivity index (χ2v) is 6.78. The van der Waals surface area contributed by atoms with Gasteiger partial charge in [0.25, 0.3) is 0 Å². The van der Waals surface area contributed by atoms with Gasteiger partial charge in [0, 0.05) is 29.7 Å². The second kappa shape index (κ2) is 8.99. The van der Waals surface area contributed by atoms with Crippen LogP contribution in [0.4, 0.5) is 0 Å². The molecule has 2 aromatic rings. The van der Waals surface area contributed by atoms with Crippen LogP contribution >= 0.6 is 11.3 Å². The largest absolute Gasteiger partial charge is 0.504 e. The summed E-state index contributed by atoms with van der Waals surface area (Å²) in [5, 5.41) is 12.4. The van der Waals surface area contributed by atoms with Crippen LogP contribution in [0.2, 0.25) is 0 Å². The van der Waals surface area contributed by atoms with Crippen molar-refractivity contribution in [3.05, 3.63) is 46.2 Å². The molecule has 6 heteroatoms. The van der Waals surface area contributed by atoms with Crippen molar-refractivity contribution in [1.82, 2.24) is 4.90 Å². The number of aliphatic imine (C=N–C) groups is 1. The maximum Gasteiger partial charge on any atom is 0.166 e. The SMILES string of the molecule is CCOc1cccc(C=NC[C@H](c2cccs2)N2CCOCC2)c1O. The Morgan fingerprint density at radius 2 is 2.16 bits per heavy atom. The molecule has 1 atom stereocenters. The lowest BCUT2D eigenvalue weighted by Gasteiger charge is -2.33. The van der Waals surface area contributed by atoms with E-state index in [1.165, 1.54) is 4.88 Å². The summed E-state index contributed by atoms with van der Waals surface area (Å²) in [6.45, 7) is 6.44. The summed E-state index contributed by atoms with van der Waals surface area (Å²) >= 11 is 1.76. The van der Waals surface area contributed by atoms with Crippen molar-refractivity contribution >= 4 is 17.6 Å². The van der Waals surface area contributed by atoms with Crippen LogP contribution in [-0.2, 0) is 4.74 Å². The van der Waals surface area contributed by atoms with Crippen LogP contribution in [0, 0.1) is 0 Å². The zero-order valence-corrected chi connectivity index (χ0v) is 15.2. The standard InChI is InChI=1S/C19H24N2O3S/c1-2-24-17-6-3-5-15(19(17)22)13-20-14-16(18-7-4-12-25-18)21-8-10-23-11-9-21/h3-7,12-13,16,22H,2,8-11,14H2,1H3/t16-/m1/s1. The molecule has 1 aromatic heterocycles. The lowest BCUT2D eigenvalue weighted by molar-refractivity contribution is 0.0187. The average Bonchev–Trinajstić information content (AvgIpc) is 3.17. The quantitative estimate of drug-likeness (QED) is 0.770. The van der Waals surface area contributed by atoms with Crippen molar-refractivity contribution in [2.24, 2.45) is 4.99 Å². The molecule has 1 aliphatic rings. The molecule has 2 heterocycles. The number of phenols is 1. The second-order valence-electron chi connectivity index (χ2n) is 5.80. The molecule has 0 saturated carbocycles. The number of para-hydroxylation sites is 1. The highest BCUT2D eigenvalue weighted by molar-refractivity contribution is 7.10. The van der Waals surface area contributed by atoms with E-state index in [0.717, 1.165) is 26.3 Å². The van der Waals surface area contributed by atoms with Crippen molar-refractivity contribution < 1.29 is 14.6 Å². The Bertz CT molecular complexity index is 682. The third-order valence-electron chi connectivity index (χ3n) is 4.20. The maximum absolute atomic E-state index is 10.3. The molecule has 1 saturated heterocycles. The molecule has 0 bridgehead atoms. The Labute approximate surface area is 152 Å². The van der Waals surface area contributed by atoms with Crippen LogP contribution in [0.5, 0.6) is 11.5 Å². The number of aromatic hydroxyl groups is 1. The Kier molecular flexibility index (Phi) is 6.44. The number of hydrogen-bond donors (Lipinski definition) is 1. The van der Waals surface area contributed by atoms with E-state index in [0.29, 0.717) is 24.5 Å². The van der Waals surface area contributed by atoms with E-state index in [9.17, 15) is 5.11 Å². The Balaban J connectivity index is 1.72. The van der Waals surface area contributed by atoms with E-state index in [2.05, 4.69) is 27.4 Å². The van der Waals surface area contributed by atoms with Gasteiger partial charge in [-0.2, -0.15) is 0 Å². The number of hydrogen-bond acceptors (Lipinski definition) is 6. The third kappa shape index (κ3) is 4.60. The summed E-state index contributed by atoms with van der Waals surface area (Å²) in [5.41, 5.74) is 0.679. The molecule has 0 spiro atoms. The smallest absolute Gasteiger partial charge is 0.166 e. The summed E-state index contributed by atoms with van der Waals surface area (Å²) in [6, 6.07) is 9.96. The van der Waals surface area contributed by atoms with Gasteiger partial charge in [-0.15, -0.1) is 11.3 Å². The molecule has 1 aliphatic heterocycles. The van der Waals surface area contributed by atoms with Crippen molar-refractivity contribution in [1.29, 1.82) is 0 Å². The molecule has 3 rings (SSSR count). The number of benzene rings is 1. The number of rotatable bonds is 7. The fourth-order valence-electron chi connectivity index (χ4n) is 2.92. The number of morpholine rings is 1. The topological polar surface area (TPSA) is 54.3 Å². The molecule has 1 N–H and O–H groups in total. The molecule has 0 unspecified atom stereocenters. The van der Waals surface area contributed by atoms with Crippen molar-refractivity contribution in [2.45, 2.75) is 13.0 Å². The highest BCUT2D eigenvalue weighted by Gasteiger charge is 2.22. The molecular weight excluding hydrogens is 336 g/mol. The summed E-state index contributed by atoms with van der Waals surface area (Å²) < 4.78 is 10.9. The van der Waals surface area contributed by atoms with Gasteiger partial charge >= 0.3 is 0 Å². The zero-order chi connectivity index (χ0) is 17.5. The minimum atomic E-state index is 0.146. The van der Waals surface area contributed by atoms with Crippen LogP contribution in [0.3, 0.4) is 0 Å². The molecule has 1 fully saturated rings. The van der Waals surface area contributed by atoms with Gasteiger partial charge < -0.3 is 14.6 Å². The van der Waals surface area contributed by atoms with E-state index in [1.807, 2.05) is 19.1 Å². The van der Waals surface area contributed by atoms with Crippen molar-refractivity contribution in [3.8, 4) is 11.5 Å². The zero-order valence-electron chi connectivity index (χ0n) is 14.4. The monoisotopic (exact) mass is 360 g/mol. The molecule has 0 radical (unpaired) electrons. The van der Waals surface area contributed by atoms with Crippen LogP contribution in [-0.4, -0.2) is 55.7 Å². The van der Waals surface area contributed by atoms with Crippen molar-refractivity contribution in [3.63, 3.8) is 0 Å². The summed E-state index contributed by atoms with van der Waals surface area (Å²) in [6.07, 6.45) is 1.74. The van der Waals surface area contributed by atoms with Gasteiger partial charge in [-0.1, -0.05) is 12.1 Å². The fraction of sp³-hybridized carbons (Fsp3) is 0.421. The molecule has 0 amide bonds. The predicted octanol–water partition coefficient (Wildman–Crippen LogP) is 3.34. The summed E-state index contributed by atoms with van der Waals surface area (Å²) in [7, 11) is 0. The third-order valence-corrected chi connectivity index (χ3v) is 5.17. The van der Waals surface area contributed by atoms with Crippen molar-refractivity contribution in [2.75, 3.05) is 39.5 Å². The van der Waals surface area contributed by atoms with Crippen LogP contribution < -0.4 is 4.74 Å². The first-order chi connectivity index (χ1) is 12.3. The average molecular weight is 360 g/mol. The lowest BCUT2D eigenvalue weighted by atomic mass is 10.1. The first-order valence-corrected chi connectivity index (χ1v) is 9.47. The molecule has 5 nitrogen and oxygen atoms in total. The van der Waals surface area contributed by atoms with Gasteiger partial charge in [-0.05, 0) is 30.5 Å². The Morgan fingerprint density at radius 1 is 1.32 bits per heavy atom. The fourth-order valence-corrected chi connectivity index (χ4v) is 3.77. The van der Waals surface area contributed by atoms with E-state index in [1.54, 1.807) is 23.6 Å². The number of nitrogens with zero attached hydrogens (tertiary/aromatic N) is 2. The minimum Gasteiger partial charge on any atom is -0.504 e. The van der Waals surface area contributed by atoms with Gasteiger partial charge in [0.1, 0.15) is 0 Å². The van der Waals surface area contributed by atoms with E-state index in [-0.39, 0.29) is 11.8 Å². The molecule has 134 valence electrons. The normalized spacial score (nSPS) is 17.0. The van der Waals surface area contributed by atoms with E-state index < -0.39 is 0 Å². The molecule has 25 heavy (non-hydrogen) atoms.